The number of carbonyl (C=O) groups excluding carboxylic acids is 2. The number of rotatable bonds is 7. The van der Waals surface area contributed by atoms with E-state index in [0.717, 1.165) is 12.0 Å². The number of pyridine rings is 1. The van der Waals surface area contributed by atoms with Gasteiger partial charge >= 0.3 is 5.97 Å². The van der Waals surface area contributed by atoms with Crippen molar-refractivity contribution >= 4 is 11.9 Å². The van der Waals surface area contributed by atoms with Crippen LogP contribution < -0.4 is 10.1 Å². The van der Waals surface area contributed by atoms with Gasteiger partial charge in [-0.2, -0.15) is 0 Å². The van der Waals surface area contributed by atoms with Gasteiger partial charge in [0, 0.05) is 25.1 Å². The fraction of sp³-hybridized carbons (Fsp3) is 0.350. The second-order valence-electron chi connectivity index (χ2n) is 6.23. The maximum Gasteiger partial charge on any atom is 0.328 e. The lowest BCUT2D eigenvalue weighted by Gasteiger charge is -2.17. The first-order valence-corrected chi connectivity index (χ1v) is 8.79. The molecule has 7 heteroatoms. The predicted molar refractivity (Wildman–Crippen MR) is 97.5 cm³/mol. The van der Waals surface area contributed by atoms with Crippen molar-refractivity contribution in [3.05, 3.63) is 59.8 Å². The molecule has 0 bridgehead atoms. The Morgan fingerprint density at radius 2 is 2.07 bits per heavy atom. The maximum absolute atomic E-state index is 12.5. The van der Waals surface area contributed by atoms with Crippen molar-refractivity contribution in [2.75, 3.05) is 20.3 Å². The smallest absolute Gasteiger partial charge is 0.328 e. The van der Waals surface area contributed by atoms with Crippen LogP contribution in [0.2, 0.25) is 0 Å². The van der Waals surface area contributed by atoms with E-state index in [4.69, 9.17) is 14.2 Å². The molecule has 1 fully saturated rings. The third kappa shape index (κ3) is 5.27. The molecule has 27 heavy (non-hydrogen) atoms. The molecule has 2 aromatic rings. The molecule has 7 nitrogen and oxygen atoms in total. The molecule has 0 saturated carbocycles. The molecule has 1 aliphatic heterocycles. The Bertz CT molecular complexity index is 758. The first-order valence-electron chi connectivity index (χ1n) is 8.79. The second kappa shape index (κ2) is 9.14. The monoisotopic (exact) mass is 370 g/mol. The molecule has 1 aliphatic rings. The van der Waals surface area contributed by atoms with Crippen molar-refractivity contribution in [3.8, 4) is 5.88 Å². The topological polar surface area (TPSA) is 86.8 Å². The second-order valence-corrected chi connectivity index (χ2v) is 6.23. The molecule has 1 aromatic heterocycles. The highest BCUT2D eigenvalue weighted by molar-refractivity contribution is 5.96. The van der Waals surface area contributed by atoms with Crippen molar-refractivity contribution in [1.82, 2.24) is 10.3 Å². The van der Waals surface area contributed by atoms with Crippen LogP contribution in [0.4, 0.5) is 0 Å². The van der Waals surface area contributed by atoms with Crippen LogP contribution >= 0.6 is 0 Å². The van der Waals surface area contributed by atoms with Crippen molar-refractivity contribution < 1.29 is 23.8 Å². The Morgan fingerprint density at radius 3 is 2.70 bits per heavy atom. The van der Waals surface area contributed by atoms with E-state index in [-0.39, 0.29) is 6.10 Å². The molecule has 1 saturated heterocycles. The number of amides is 1. The average molecular weight is 370 g/mol. The predicted octanol–water partition coefficient (Wildman–Crippen LogP) is 1.76. The van der Waals surface area contributed by atoms with Crippen LogP contribution in [0.25, 0.3) is 0 Å². The van der Waals surface area contributed by atoms with Gasteiger partial charge in [-0.15, -0.1) is 0 Å². The summed E-state index contributed by atoms with van der Waals surface area (Å²) in [5, 5.41) is 2.71. The Labute approximate surface area is 157 Å². The summed E-state index contributed by atoms with van der Waals surface area (Å²) in [6, 6.07) is 11.9. The lowest BCUT2D eigenvalue weighted by Crippen LogP contribution is -2.43. The zero-order valence-electron chi connectivity index (χ0n) is 15.1. The third-order valence-corrected chi connectivity index (χ3v) is 4.25. The van der Waals surface area contributed by atoms with E-state index in [1.54, 1.807) is 12.1 Å². The summed E-state index contributed by atoms with van der Waals surface area (Å²) in [5.74, 6) is -0.457. The van der Waals surface area contributed by atoms with Crippen molar-refractivity contribution in [1.29, 1.82) is 0 Å². The summed E-state index contributed by atoms with van der Waals surface area (Å²) in [5.41, 5.74) is 1.26. The molecule has 2 atom stereocenters. The highest BCUT2D eigenvalue weighted by Gasteiger charge is 2.23. The minimum atomic E-state index is -0.781. The number of carbonyl (C=O) groups is 2. The highest BCUT2D eigenvalue weighted by Crippen LogP contribution is 2.15. The number of esters is 1. The van der Waals surface area contributed by atoms with Gasteiger partial charge in [-0.05, 0) is 11.6 Å². The molecule has 1 aromatic carbocycles. The van der Waals surface area contributed by atoms with Gasteiger partial charge in [0.15, 0.2) is 0 Å². The van der Waals surface area contributed by atoms with Gasteiger partial charge in [0.05, 0.1) is 25.9 Å². The summed E-state index contributed by atoms with van der Waals surface area (Å²) in [7, 11) is 1.30. The molecule has 0 aliphatic carbocycles. The van der Waals surface area contributed by atoms with Crippen LogP contribution in [-0.2, 0) is 20.7 Å². The van der Waals surface area contributed by atoms with Crippen molar-refractivity contribution in [2.24, 2.45) is 0 Å². The SMILES string of the molecule is COC(=O)C(Cc1ccccc1)NC(=O)c1ccc(OC2CCOC2)nc1. The minimum Gasteiger partial charge on any atom is -0.472 e. The largest absolute Gasteiger partial charge is 0.472 e. The molecule has 2 unspecified atom stereocenters. The summed E-state index contributed by atoms with van der Waals surface area (Å²) in [6.07, 6.45) is 2.59. The normalized spacial score (nSPS) is 17.1. The Morgan fingerprint density at radius 1 is 1.26 bits per heavy atom. The average Bonchev–Trinajstić information content (AvgIpc) is 3.21. The van der Waals surface area contributed by atoms with Crippen LogP contribution in [0.3, 0.4) is 0 Å². The van der Waals surface area contributed by atoms with E-state index < -0.39 is 17.9 Å². The Kier molecular flexibility index (Phi) is 6.38. The Balaban J connectivity index is 1.63. The van der Waals surface area contributed by atoms with Crippen LogP contribution in [0.1, 0.15) is 22.3 Å². The van der Waals surface area contributed by atoms with E-state index in [2.05, 4.69) is 10.3 Å². The molecule has 1 N–H and O–H groups in total. The molecule has 142 valence electrons. The van der Waals surface area contributed by atoms with E-state index in [1.807, 2.05) is 30.3 Å². The van der Waals surface area contributed by atoms with E-state index >= 15 is 0 Å². The first-order chi connectivity index (χ1) is 13.2. The van der Waals surface area contributed by atoms with Crippen LogP contribution in [0.5, 0.6) is 5.88 Å². The number of methoxy groups -OCH3 is 1. The number of hydrogen-bond acceptors (Lipinski definition) is 6. The zero-order chi connectivity index (χ0) is 19.1. The van der Waals surface area contributed by atoms with Gasteiger partial charge in [0.1, 0.15) is 12.1 Å². The van der Waals surface area contributed by atoms with Gasteiger partial charge in [0.25, 0.3) is 5.91 Å². The maximum atomic E-state index is 12.5. The van der Waals surface area contributed by atoms with Gasteiger partial charge in [-0.25, -0.2) is 9.78 Å². The van der Waals surface area contributed by atoms with Crippen LogP contribution in [0.15, 0.2) is 48.7 Å². The minimum absolute atomic E-state index is 0.00764. The molecule has 3 rings (SSSR count). The van der Waals surface area contributed by atoms with Gasteiger partial charge in [0.2, 0.25) is 5.88 Å². The lowest BCUT2D eigenvalue weighted by molar-refractivity contribution is -0.142. The van der Waals surface area contributed by atoms with Crippen molar-refractivity contribution in [3.63, 3.8) is 0 Å². The standard InChI is InChI=1S/C20H22N2O5/c1-25-20(24)17(11-14-5-3-2-4-6-14)22-19(23)15-7-8-18(21-12-15)27-16-9-10-26-13-16/h2-8,12,16-17H,9-11,13H2,1H3,(H,22,23). The number of nitrogens with zero attached hydrogens (tertiary/aromatic N) is 1. The molecule has 1 amide bonds. The highest BCUT2D eigenvalue weighted by atomic mass is 16.5. The fourth-order valence-corrected chi connectivity index (χ4v) is 2.79. The number of nitrogens with one attached hydrogen (secondary N) is 1. The zero-order valence-corrected chi connectivity index (χ0v) is 15.1. The lowest BCUT2D eigenvalue weighted by atomic mass is 10.1. The Hall–Kier alpha value is -2.93. The van der Waals surface area contributed by atoms with Gasteiger partial charge in [-0.3, -0.25) is 4.79 Å². The van der Waals surface area contributed by atoms with E-state index in [0.29, 0.717) is 31.1 Å². The van der Waals surface area contributed by atoms with Crippen LogP contribution in [0, 0.1) is 0 Å². The number of benzene rings is 1. The number of ether oxygens (including phenoxy) is 3. The molecular weight excluding hydrogens is 348 g/mol. The summed E-state index contributed by atoms with van der Waals surface area (Å²) in [6.45, 7) is 1.23. The van der Waals surface area contributed by atoms with Gasteiger partial charge < -0.3 is 19.5 Å². The summed E-state index contributed by atoms with van der Waals surface area (Å²) in [4.78, 5) is 28.7. The van der Waals surface area contributed by atoms with E-state index in [1.165, 1.54) is 13.3 Å². The van der Waals surface area contributed by atoms with Crippen LogP contribution in [-0.4, -0.2) is 49.3 Å². The third-order valence-electron chi connectivity index (χ3n) is 4.25. The van der Waals surface area contributed by atoms with Gasteiger partial charge in [-0.1, -0.05) is 30.3 Å². The number of aromatic nitrogens is 1. The molecule has 0 radical (unpaired) electrons. The van der Waals surface area contributed by atoms with E-state index in [9.17, 15) is 9.59 Å². The number of hydrogen-bond donors (Lipinski definition) is 1. The quantitative estimate of drug-likeness (QED) is 0.748. The van der Waals surface area contributed by atoms with Crippen molar-refractivity contribution in [2.45, 2.75) is 25.0 Å². The molecular formula is C20H22N2O5. The first kappa shape index (κ1) is 18.8. The summed E-state index contributed by atoms with van der Waals surface area (Å²) >= 11 is 0. The summed E-state index contributed by atoms with van der Waals surface area (Å²) < 4.78 is 15.8. The fourth-order valence-electron chi connectivity index (χ4n) is 2.79. The molecule has 0 spiro atoms. The molecule has 2 heterocycles.